The average molecular weight is 202 g/mol. The molecule has 0 unspecified atom stereocenters. The highest BCUT2D eigenvalue weighted by Gasteiger charge is 2.01. The van der Waals surface area contributed by atoms with Crippen LogP contribution in [0.4, 0.5) is 0 Å². The average Bonchev–Trinajstić information content (AvgIpc) is 2.68. The van der Waals surface area contributed by atoms with Gasteiger partial charge in [0, 0.05) is 17.6 Å². The van der Waals surface area contributed by atoms with Crippen LogP contribution in [0.2, 0.25) is 0 Å². The van der Waals surface area contributed by atoms with Crippen molar-refractivity contribution in [2.75, 3.05) is 0 Å². The van der Waals surface area contributed by atoms with Gasteiger partial charge in [-0.25, -0.2) is 0 Å². The number of para-hydroxylation sites is 1. The molecule has 0 bridgehead atoms. The summed E-state index contributed by atoms with van der Waals surface area (Å²) >= 11 is 0. The van der Waals surface area contributed by atoms with Crippen LogP contribution < -0.4 is 5.32 Å². The normalized spacial score (nSPS) is 10.5. The second-order valence-electron chi connectivity index (χ2n) is 3.51. The zero-order chi connectivity index (χ0) is 10.7. The Hall–Kier alpha value is -1.77. The predicted molar refractivity (Wildman–Crippen MR) is 60.4 cm³/mol. The lowest BCUT2D eigenvalue weighted by atomic mass is 10.2. The molecule has 0 fully saturated rings. The molecule has 1 aromatic carbocycles. The lowest BCUT2D eigenvalue weighted by Crippen LogP contribution is -2.21. The Bertz CT molecular complexity index is 440. The van der Waals surface area contributed by atoms with Crippen LogP contribution in [0.1, 0.15) is 19.0 Å². The highest BCUT2D eigenvalue weighted by atomic mass is 16.1. The van der Waals surface area contributed by atoms with Crippen molar-refractivity contribution >= 4 is 16.8 Å². The summed E-state index contributed by atoms with van der Waals surface area (Å²) in [7, 11) is 0. The number of rotatable bonds is 3. The van der Waals surface area contributed by atoms with Gasteiger partial charge in [-0.3, -0.25) is 4.79 Å². The minimum absolute atomic E-state index is 0.0775. The molecule has 1 aromatic heterocycles. The summed E-state index contributed by atoms with van der Waals surface area (Å²) in [5.41, 5.74) is 2.15. The Kier molecular flexibility index (Phi) is 2.72. The van der Waals surface area contributed by atoms with E-state index in [-0.39, 0.29) is 5.91 Å². The summed E-state index contributed by atoms with van der Waals surface area (Å²) in [5.74, 6) is 0.0775. The number of fused-ring (bicyclic) bond motifs is 1. The number of carbonyl (C=O) groups is 1. The number of aromatic nitrogens is 1. The molecule has 0 aliphatic carbocycles. The molecule has 0 saturated heterocycles. The standard InChI is InChI=1S/C12H14N2O/c1-2-12(15)13-8-10-7-9-5-3-4-6-11(9)14-10/h3-7,14H,2,8H2,1H3,(H,13,15). The van der Waals surface area contributed by atoms with Crippen molar-refractivity contribution in [3.8, 4) is 0 Å². The van der Waals surface area contributed by atoms with Crippen LogP contribution >= 0.6 is 0 Å². The molecule has 2 N–H and O–H groups in total. The molecule has 1 heterocycles. The third-order valence-corrected chi connectivity index (χ3v) is 2.38. The summed E-state index contributed by atoms with van der Waals surface area (Å²) in [4.78, 5) is 14.3. The number of carbonyl (C=O) groups excluding carboxylic acids is 1. The predicted octanol–water partition coefficient (Wildman–Crippen LogP) is 2.19. The van der Waals surface area contributed by atoms with Crippen LogP contribution in [0.15, 0.2) is 30.3 Å². The number of aromatic amines is 1. The first-order valence-electron chi connectivity index (χ1n) is 5.13. The Labute approximate surface area is 88.5 Å². The smallest absolute Gasteiger partial charge is 0.220 e. The van der Waals surface area contributed by atoms with Crippen LogP contribution in [0.3, 0.4) is 0 Å². The van der Waals surface area contributed by atoms with E-state index in [4.69, 9.17) is 0 Å². The molecule has 0 saturated carbocycles. The van der Waals surface area contributed by atoms with Gasteiger partial charge in [0.15, 0.2) is 0 Å². The molecular formula is C12H14N2O. The summed E-state index contributed by atoms with van der Waals surface area (Å²) in [6.45, 7) is 2.42. The molecule has 0 atom stereocenters. The molecule has 0 spiro atoms. The number of benzene rings is 1. The quantitative estimate of drug-likeness (QED) is 0.787. The zero-order valence-corrected chi connectivity index (χ0v) is 8.71. The molecule has 0 aliphatic heterocycles. The van der Waals surface area contributed by atoms with Crippen LogP contribution in [0, 0.1) is 0 Å². The molecule has 2 rings (SSSR count). The second-order valence-corrected chi connectivity index (χ2v) is 3.51. The van der Waals surface area contributed by atoms with E-state index in [1.807, 2.05) is 25.1 Å². The highest BCUT2D eigenvalue weighted by molar-refractivity contribution is 5.80. The Morgan fingerprint density at radius 3 is 2.93 bits per heavy atom. The summed E-state index contributed by atoms with van der Waals surface area (Å²) in [5, 5.41) is 4.02. The van der Waals surface area contributed by atoms with E-state index >= 15 is 0 Å². The summed E-state index contributed by atoms with van der Waals surface area (Å²) in [6, 6.07) is 10.1. The van der Waals surface area contributed by atoms with Gasteiger partial charge in [-0.2, -0.15) is 0 Å². The van der Waals surface area contributed by atoms with Crippen molar-refractivity contribution in [1.29, 1.82) is 0 Å². The first-order valence-corrected chi connectivity index (χ1v) is 5.13. The van der Waals surface area contributed by atoms with Gasteiger partial charge < -0.3 is 10.3 Å². The molecule has 0 aliphatic rings. The molecule has 15 heavy (non-hydrogen) atoms. The number of nitrogens with one attached hydrogen (secondary N) is 2. The SMILES string of the molecule is CCC(=O)NCc1cc2ccccc2[nH]1. The molecule has 78 valence electrons. The number of hydrogen-bond donors (Lipinski definition) is 2. The molecule has 2 aromatic rings. The Balaban J connectivity index is 2.12. The van der Waals surface area contributed by atoms with Crippen LogP contribution in [-0.4, -0.2) is 10.9 Å². The molecule has 3 heteroatoms. The summed E-state index contributed by atoms with van der Waals surface area (Å²) < 4.78 is 0. The Morgan fingerprint density at radius 1 is 1.40 bits per heavy atom. The highest BCUT2D eigenvalue weighted by Crippen LogP contribution is 2.14. The van der Waals surface area contributed by atoms with E-state index in [1.165, 1.54) is 5.39 Å². The zero-order valence-electron chi connectivity index (χ0n) is 8.71. The van der Waals surface area contributed by atoms with Crippen molar-refractivity contribution in [2.24, 2.45) is 0 Å². The van der Waals surface area contributed by atoms with Gasteiger partial charge in [0.25, 0.3) is 0 Å². The summed E-state index contributed by atoms with van der Waals surface area (Å²) in [6.07, 6.45) is 0.528. The monoisotopic (exact) mass is 202 g/mol. The maximum atomic E-state index is 11.1. The van der Waals surface area contributed by atoms with E-state index < -0.39 is 0 Å². The lowest BCUT2D eigenvalue weighted by Gasteiger charge is -1.99. The van der Waals surface area contributed by atoms with Crippen molar-refractivity contribution in [1.82, 2.24) is 10.3 Å². The first-order chi connectivity index (χ1) is 7.29. The minimum Gasteiger partial charge on any atom is -0.357 e. The van der Waals surface area contributed by atoms with Crippen molar-refractivity contribution in [3.05, 3.63) is 36.0 Å². The Morgan fingerprint density at radius 2 is 2.20 bits per heavy atom. The third kappa shape index (κ3) is 2.18. The van der Waals surface area contributed by atoms with Gasteiger partial charge in [0.05, 0.1) is 6.54 Å². The van der Waals surface area contributed by atoms with E-state index in [0.717, 1.165) is 11.2 Å². The minimum atomic E-state index is 0.0775. The molecule has 0 radical (unpaired) electrons. The van der Waals surface area contributed by atoms with E-state index in [0.29, 0.717) is 13.0 Å². The van der Waals surface area contributed by atoms with Gasteiger partial charge in [-0.05, 0) is 17.5 Å². The molecule has 3 nitrogen and oxygen atoms in total. The number of H-pyrrole nitrogens is 1. The number of hydrogen-bond acceptors (Lipinski definition) is 1. The van der Waals surface area contributed by atoms with Gasteiger partial charge in [-0.15, -0.1) is 0 Å². The fourth-order valence-corrected chi connectivity index (χ4v) is 1.55. The van der Waals surface area contributed by atoms with E-state index in [1.54, 1.807) is 0 Å². The maximum Gasteiger partial charge on any atom is 0.220 e. The topological polar surface area (TPSA) is 44.9 Å². The van der Waals surface area contributed by atoms with Gasteiger partial charge in [0.1, 0.15) is 0 Å². The molecule has 1 amide bonds. The van der Waals surface area contributed by atoms with Crippen molar-refractivity contribution in [3.63, 3.8) is 0 Å². The van der Waals surface area contributed by atoms with Crippen LogP contribution in [0.25, 0.3) is 10.9 Å². The lowest BCUT2D eigenvalue weighted by molar-refractivity contribution is -0.120. The number of amides is 1. The second kappa shape index (κ2) is 4.17. The first kappa shape index (κ1) is 9.77. The maximum absolute atomic E-state index is 11.1. The third-order valence-electron chi connectivity index (χ3n) is 2.38. The van der Waals surface area contributed by atoms with E-state index in [2.05, 4.69) is 22.4 Å². The molecular weight excluding hydrogens is 188 g/mol. The van der Waals surface area contributed by atoms with Crippen LogP contribution in [0.5, 0.6) is 0 Å². The fourth-order valence-electron chi connectivity index (χ4n) is 1.55. The van der Waals surface area contributed by atoms with Gasteiger partial charge in [-0.1, -0.05) is 25.1 Å². The van der Waals surface area contributed by atoms with Gasteiger partial charge in [0.2, 0.25) is 5.91 Å². The van der Waals surface area contributed by atoms with Crippen molar-refractivity contribution < 1.29 is 4.79 Å². The fraction of sp³-hybridized carbons (Fsp3) is 0.250. The van der Waals surface area contributed by atoms with Crippen LogP contribution in [-0.2, 0) is 11.3 Å². The van der Waals surface area contributed by atoms with Crippen molar-refractivity contribution in [2.45, 2.75) is 19.9 Å². The van der Waals surface area contributed by atoms with E-state index in [9.17, 15) is 4.79 Å². The van der Waals surface area contributed by atoms with Gasteiger partial charge >= 0.3 is 0 Å². The largest absolute Gasteiger partial charge is 0.357 e.